The van der Waals surface area contributed by atoms with Crippen LogP contribution in [0.25, 0.3) is 0 Å². The van der Waals surface area contributed by atoms with Crippen LogP contribution in [0.2, 0.25) is 0 Å². The number of nitrogens with zero attached hydrogens (tertiary/aromatic N) is 3. The van der Waals surface area contributed by atoms with Gasteiger partial charge in [0.15, 0.2) is 0 Å². The van der Waals surface area contributed by atoms with Crippen molar-refractivity contribution in [1.82, 2.24) is 10.1 Å². The summed E-state index contributed by atoms with van der Waals surface area (Å²) in [6.07, 6.45) is 0.979. The third kappa shape index (κ3) is 2.06. The first-order chi connectivity index (χ1) is 11.1. The number of rotatable bonds is 4. The highest BCUT2D eigenvalue weighted by Crippen LogP contribution is 2.55. The lowest BCUT2D eigenvalue weighted by molar-refractivity contribution is 0.0696. The Labute approximate surface area is 132 Å². The number of hydrogen-bond donors (Lipinski definition) is 3. The lowest BCUT2D eigenvalue weighted by atomic mass is 9.97. The van der Waals surface area contributed by atoms with Gasteiger partial charge in [-0.2, -0.15) is 5.01 Å². The van der Waals surface area contributed by atoms with E-state index in [0.29, 0.717) is 5.69 Å². The van der Waals surface area contributed by atoms with E-state index in [9.17, 15) is 15.0 Å². The fraction of sp³-hybridized carbons (Fsp3) is 0.188. The molecule has 0 amide bonds. The summed E-state index contributed by atoms with van der Waals surface area (Å²) < 4.78 is 0. The molecule has 2 saturated heterocycles. The average molecular weight is 312 g/mol. The normalized spacial score (nSPS) is 27.7. The predicted molar refractivity (Wildman–Crippen MR) is 83.0 cm³/mol. The molecular weight excluding hydrogens is 296 g/mol. The lowest BCUT2D eigenvalue weighted by Crippen LogP contribution is -2.39. The molecule has 4 rings (SSSR count). The average Bonchev–Trinajstić information content (AvgIpc) is 3.13. The van der Waals surface area contributed by atoms with Crippen LogP contribution in [0.1, 0.15) is 28.4 Å². The van der Waals surface area contributed by atoms with Crippen molar-refractivity contribution in [2.45, 2.75) is 18.6 Å². The van der Waals surface area contributed by atoms with Crippen molar-refractivity contribution in [2.24, 2.45) is 5.84 Å². The Kier molecular flexibility index (Phi) is 3.02. The van der Waals surface area contributed by atoms with E-state index in [1.807, 2.05) is 22.3 Å². The first kappa shape index (κ1) is 14.0. The first-order valence-electron chi connectivity index (χ1n) is 7.32. The number of aromatic carboxylic acids is 1. The number of hydrogen-bond acceptors (Lipinski definition) is 6. The molecule has 23 heavy (non-hydrogen) atoms. The molecule has 7 heteroatoms. The van der Waals surface area contributed by atoms with Crippen LogP contribution in [0.5, 0.6) is 5.75 Å². The van der Waals surface area contributed by atoms with Gasteiger partial charge < -0.3 is 10.2 Å². The lowest BCUT2D eigenvalue weighted by Gasteiger charge is -2.25. The summed E-state index contributed by atoms with van der Waals surface area (Å²) in [5, 5.41) is 24.5. The number of aromatic hydroxyl groups is 1. The second-order valence-corrected chi connectivity index (χ2v) is 5.66. The van der Waals surface area contributed by atoms with E-state index < -0.39 is 5.97 Å². The Morgan fingerprint density at radius 1 is 1.17 bits per heavy atom. The summed E-state index contributed by atoms with van der Waals surface area (Å²) in [6, 6.07) is 13.9. The molecule has 4 unspecified atom stereocenters. The van der Waals surface area contributed by atoms with E-state index in [-0.39, 0.29) is 23.5 Å². The Morgan fingerprint density at radius 2 is 1.87 bits per heavy atom. The van der Waals surface area contributed by atoms with Crippen molar-refractivity contribution in [3.8, 4) is 5.75 Å². The molecule has 2 aliphatic heterocycles. The predicted octanol–water partition coefficient (Wildman–Crippen LogP) is 1.69. The van der Waals surface area contributed by atoms with Gasteiger partial charge >= 0.3 is 5.97 Å². The van der Waals surface area contributed by atoms with Gasteiger partial charge in [-0.05, 0) is 18.2 Å². The van der Waals surface area contributed by atoms with Crippen molar-refractivity contribution in [1.29, 1.82) is 0 Å². The van der Waals surface area contributed by atoms with E-state index in [1.54, 1.807) is 30.3 Å². The quantitative estimate of drug-likeness (QED) is 0.449. The van der Waals surface area contributed by atoms with Crippen molar-refractivity contribution in [2.75, 3.05) is 5.12 Å². The maximum atomic E-state index is 11.3. The number of nitrogens with two attached hydrogens (primary N) is 1. The van der Waals surface area contributed by atoms with Crippen LogP contribution < -0.4 is 11.0 Å². The minimum Gasteiger partial charge on any atom is -0.508 e. The van der Waals surface area contributed by atoms with Gasteiger partial charge in [-0.15, -0.1) is 5.12 Å². The van der Waals surface area contributed by atoms with E-state index in [0.717, 1.165) is 12.0 Å². The molecule has 0 aromatic heterocycles. The second-order valence-electron chi connectivity index (χ2n) is 5.66. The van der Waals surface area contributed by atoms with Crippen LogP contribution in [0, 0.1) is 0 Å². The summed E-state index contributed by atoms with van der Waals surface area (Å²) in [5.74, 6) is 5.38. The van der Waals surface area contributed by atoms with Crippen molar-refractivity contribution in [3.05, 3.63) is 59.7 Å². The summed E-state index contributed by atoms with van der Waals surface area (Å²) >= 11 is 0. The van der Waals surface area contributed by atoms with Gasteiger partial charge in [0.1, 0.15) is 11.9 Å². The number of phenols is 1. The molecule has 7 nitrogen and oxygen atoms in total. The van der Waals surface area contributed by atoms with Crippen LogP contribution >= 0.6 is 0 Å². The van der Waals surface area contributed by atoms with Gasteiger partial charge in [0, 0.05) is 12.0 Å². The van der Waals surface area contributed by atoms with Gasteiger partial charge in [0.25, 0.3) is 0 Å². The molecule has 2 aromatic rings. The number of benzene rings is 2. The van der Waals surface area contributed by atoms with Crippen LogP contribution in [-0.2, 0) is 0 Å². The summed E-state index contributed by atoms with van der Waals surface area (Å²) in [5.41, 5.74) is 1.44. The third-order valence-electron chi connectivity index (χ3n) is 4.41. The fourth-order valence-electron chi connectivity index (χ4n) is 3.19. The topological polar surface area (TPSA) is 92.8 Å². The van der Waals surface area contributed by atoms with Gasteiger partial charge in [-0.1, -0.05) is 30.3 Å². The van der Waals surface area contributed by atoms with Crippen LogP contribution in [0.3, 0.4) is 0 Å². The minimum atomic E-state index is -1.02. The Bertz CT molecular complexity index is 781. The van der Waals surface area contributed by atoms with Gasteiger partial charge in [-0.25, -0.2) is 15.8 Å². The standard InChI is InChI=1S/C16H16N4O3/c17-19(12-7-3-1-6-11(12)16(22)23)20-15-9-13(18(15)20)10-5-2-4-8-14(10)21/h1-8,13,15,21H,9,17H2,(H,22,23). The largest absolute Gasteiger partial charge is 0.508 e. The van der Waals surface area contributed by atoms with E-state index in [2.05, 4.69) is 0 Å². The van der Waals surface area contributed by atoms with Gasteiger partial charge in [0.2, 0.25) is 0 Å². The number of carboxylic acid groups (broad SMARTS) is 1. The Hall–Kier alpha value is -2.61. The molecule has 0 aliphatic carbocycles. The smallest absolute Gasteiger partial charge is 0.337 e. The van der Waals surface area contributed by atoms with Crippen LogP contribution in [0.4, 0.5) is 5.69 Å². The van der Waals surface area contributed by atoms with E-state index in [1.165, 1.54) is 11.2 Å². The SMILES string of the molecule is NN(c1ccccc1C(=O)O)N1C2CC(c3ccccc3O)N21. The Balaban J connectivity index is 1.56. The molecule has 0 radical (unpaired) electrons. The molecule has 0 spiro atoms. The summed E-state index contributed by atoms with van der Waals surface area (Å²) in [7, 11) is 0. The number of hydrazine groups is 3. The summed E-state index contributed by atoms with van der Waals surface area (Å²) in [6.45, 7) is 0. The first-order valence-corrected chi connectivity index (χ1v) is 7.32. The van der Waals surface area contributed by atoms with E-state index in [4.69, 9.17) is 5.84 Å². The van der Waals surface area contributed by atoms with E-state index >= 15 is 0 Å². The molecule has 2 heterocycles. The van der Waals surface area contributed by atoms with Gasteiger partial charge in [0.05, 0.1) is 17.3 Å². The maximum Gasteiger partial charge on any atom is 0.337 e. The number of anilines is 1. The zero-order valence-electron chi connectivity index (χ0n) is 12.2. The molecular formula is C16H16N4O3. The number of carbonyl (C=O) groups is 1. The molecule has 2 aliphatic rings. The highest BCUT2D eigenvalue weighted by Gasteiger charge is 2.63. The maximum absolute atomic E-state index is 11.3. The molecule has 118 valence electrons. The molecule has 4 atom stereocenters. The second kappa shape index (κ2) is 4.95. The number of para-hydroxylation sites is 2. The fourth-order valence-corrected chi connectivity index (χ4v) is 3.19. The summed E-state index contributed by atoms with van der Waals surface area (Å²) in [4.78, 5) is 11.3. The van der Waals surface area contributed by atoms with Crippen molar-refractivity contribution < 1.29 is 15.0 Å². The van der Waals surface area contributed by atoms with Crippen molar-refractivity contribution in [3.63, 3.8) is 0 Å². The zero-order chi connectivity index (χ0) is 16.1. The number of phenolic OH excluding ortho intramolecular Hbond substituents is 1. The highest BCUT2D eigenvalue weighted by molar-refractivity contribution is 5.94. The highest BCUT2D eigenvalue weighted by atomic mass is 16.4. The number of fused-ring (bicyclic) bond motifs is 1. The molecule has 2 fully saturated rings. The van der Waals surface area contributed by atoms with Crippen LogP contribution in [0.15, 0.2) is 48.5 Å². The molecule has 0 bridgehead atoms. The zero-order valence-corrected chi connectivity index (χ0v) is 12.2. The minimum absolute atomic E-state index is 0.0595. The molecule has 0 saturated carbocycles. The Morgan fingerprint density at radius 3 is 2.61 bits per heavy atom. The van der Waals surface area contributed by atoms with Crippen LogP contribution in [-0.4, -0.2) is 32.5 Å². The van der Waals surface area contributed by atoms with Crippen molar-refractivity contribution >= 4 is 11.7 Å². The third-order valence-corrected chi connectivity index (χ3v) is 4.41. The molecule has 2 aromatic carbocycles. The monoisotopic (exact) mass is 312 g/mol. The van der Waals surface area contributed by atoms with Gasteiger partial charge in [-0.3, -0.25) is 0 Å². The number of carboxylic acids is 1. The molecule has 4 N–H and O–H groups in total.